The molecule has 0 unspecified atom stereocenters. The lowest BCUT2D eigenvalue weighted by atomic mass is 10.1. The molecule has 0 saturated carbocycles. The number of methoxy groups -OCH3 is 1. The highest BCUT2D eigenvalue weighted by Gasteiger charge is 2.21. The second kappa shape index (κ2) is 7.17. The lowest BCUT2D eigenvalue weighted by Crippen LogP contribution is -2.23. The van der Waals surface area contributed by atoms with Crippen molar-refractivity contribution in [2.24, 2.45) is 0 Å². The number of carbonyl (C=O) groups is 3. The Hall–Kier alpha value is -3.15. The maximum absolute atomic E-state index is 12.2. The average molecular weight is 339 g/mol. The average Bonchev–Trinajstić information content (AvgIpc) is 3.28. The molecule has 1 amide bonds. The van der Waals surface area contributed by atoms with Crippen LogP contribution in [0.5, 0.6) is 0 Å². The number of nitrogens with zero attached hydrogens (tertiary/aromatic N) is 1. The van der Waals surface area contributed by atoms with Gasteiger partial charge in [0.25, 0.3) is 0 Å². The number of esters is 1. The molecule has 2 aromatic rings. The summed E-state index contributed by atoms with van der Waals surface area (Å²) in [6, 6.07) is 9.99. The zero-order valence-corrected chi connectivity index (χ0v) is 13.7. The maximum Gasteiger partial charge on any atom is 0.373 e. The van der Waals surface area contributed by atoms with Gasteiger partial charge >= 0.3 is 5.97 Å². The van der Waals surface area contributed by atoms with Crippen LogP contribution in [-0.2, 0) is 9.53 Å². The summed E-state index contributed by atoms with van der Waals surface area (Å²) in [6.07, 6.45) is 4.29. The van der Waals surface area contributed by atoms with Gasteiger partial charge in [-0.2, -0.15) is 0 Å². The molecule has 1 aliphatic heterocycles. The summed E-state index contributed by atoms with van der Waals surface area (Å²) in [5.41, 5.74) is 1.31. The predicted octanol–water partition coefficient (Wildman–Crippen LogP) is 3.09. The maximum atomic E-state index is 12.2. The molecule has 0 aliphatic carbocycles. The van der Waals surface area contributed by atoms with Crippen molar-refractivity contribution in [2.45, 2.75) is 12.8 Å². The summed E-state index contributed by atoms with van der Waals surface area (Å²) in [7, 11) is 1.27. The number of furan rings is 1. The van der Waals surface area contributed by atoms with Gasteiger partial charge in [0, 0.05) is 24.2 Å². The topological polar surface area (TPSA) is 76.8 Å². The van der Waals surface area contributed by atoms with E-state index in [4.69, 9.17) is 4.42 Å². The molecule has 25 heavy (non-hydrogen) atoms. The molecule has 0 spiro atoms. The van der Waals surface area contributed by atoms with Crippen LogP contribution >= 0.6 is 0 Å². The van der Waals surface area contributed by atoms with E-state index in [-0.39, 0.29) is 17.5 Å². The van der Waals surface area contributed by atoms with Crippen molar-refractivity contribution in [1.82, 2.24) is 0 Å². The van der Waals surface area contributed by atoms with E-state index >= 15 is 0 Å². The predicted molar refractivity (Wildman–Crippen MR) is 91.4 cm³/mol. The number of anilines is 1. The number of hydrogen-bond acceptors (Lipinski definition) is 5. The monoisotopic (exact) mass is 339 g/mol. The zero-order valence-electron chi connectivity index (χ0n) is 13.7. The van der Waals surface area contributed by atoms with Gasteiger partial charge in [-0.3, -0.25) is 9.59 Å². The second-order valence-electron chi connectivity index (χ2n) is 5.59. The summed E-state index contributed by atoms with van der Waals surface area (Å²) < 4.78 is 9.82. The van der Waals surface area contributed by atoms with Crippen LogP contribution in [0.3, 0.4) is 0 Å². The number of allylic oxidation sites excluding steroid dienone is 1. The van der Waals surface area contributed by atoms with Crippen LogP contribution in [0.1, 0.15) is 39.5 Å². The highest BCUT2D eigenvalue weighted by molar-refractivity contribution is 6.07. The Morgan fingerprint density at radius 2 is 1.92 bits per heavy atom. The fourth-order valence-corrected chi connectivity index (χ4v) is 2.63. The summed E-state index contributed by atoms with van der Waals surface area (Å²) in [5, 5.41) is 0. The highest BCUT2D eigenvalue weighted by atomic mass is 16.5. The Balaban J connectivity index is 1.67. The van der Waals surface area contributed by atoms with Crippen molar-refractivity contribution in [3.63, 3.8) is 0 Å². The van der Waals surface area contributed by atoms with Gasteiger partial charge in [-0.15, -0.1) is 0 Å². The Kier molecular flexibility index (Phi) is 4.79. The SMILES string of the molecule is COC(=O)c1ccc(/C=C/C(=O)c2ccc(N3CCCC3=O)cc2)o1. The molecular formula is C19H17NO5. The van der Waals surface area contributed by atoms with Gasteiger partial charge in [-0.1, -0.05) is 0 Å². The number of hydrogen-bond donors (Lipinski definition) is 0. The molecule has 1 fully saturated rings. The Labute approximate surface area is 144 Å². The van der Waals surface area contributed by atoms with E-state index in [0.29, 0.717) is 24.3 Å². The first-order valence-electron chi connectivity index (χ1n) is 7.89. The van der Waals surface area contributed by atoms with E-state index < -0.39 is 5.97 Å². The van der Waals surface area contributed by atoms with Crippen molar-refractivity contribution in [3.05, 3.63) is 59.6 Å². The van der Waals surface area contributed by atoms with Crippen molar-refractivity contribution in [3.8, 4) is 0 Å². The van der Waals surface area contributed by atoms with Crippen LogP contribution < -0.4 is 4.90 Å². The van der Waals surface area contributed by atoms with Crippen LogP contribution in [0, 0.1) is 0 Å². The number of ketones is 1. The molecule has 6 heteroatoms. The van der Waals surface area contributed by atoms with E-state index in [1.807, 2.05) is 0 Å². The van der Waals surface area contributed by atoms with Crippen molar-refractivity contribution >= 4 is 29.4 Å². The minimum absolute atomic E-state index is 0.0780. The molecule has 0 atom stereocenters. The van der Waals surface area contributed by atoms with Crippen LogP contribution in [-0.4, -0.2) is 31.3 Å². The van der Waals surface area contributed by atoms with Crippen LogP contribution in [0.4, 0.5) is 5.69 Å². The zero-order chi connectivity index (χ0) is 17.8. The standard InChI is InChI=1S/C19H17NO5/c1-24-19(23)17-11-9-15(25-17)8-10-16(21)13-4-6-14(7-5-13)20-12-2-3-18(20)22/h4-11H,2-3,12H2,1H3/b10-8+. The molecule has 0 N–H and O–H groups in total. The van der Waals surface area contributed by atoms with E-state index in [1.54, 1.807) is 35.2 Å². The molecule has 2 heterocycles. The first kappa shape index (κ1) is 16.7. The molecule has 6 nitrogen and oxygen atoms in total. The van der Waals surface area contributed by atoms with Crippen molar-refractivity contribution < 1.29 is 23.5 Å². The molecule has 1 saturated heterocycles. The van der Waals surface area contributed by atoms with Gasteiger partial charge in [-0.25, -0.2) is 4.79 Å². The first-order valence-corrected chi connectivity index (χ1v) is 7.89. The number of carbonyl (C=O) groups excluding carboxylic acids is 3. The highest BCUT2D eigenvalue weighted by Crippen LogP contribution is 2.22. The van der Waals surface area contributed by atoms with Gasteiger partial charge < -0.3 is 14.1 Å². The molecule has 0 bridgehead atoms. The summed E-state index contributed by atoms with van der Waals surface area (Å²) in [5.74, 6) is -0.200. The third-order valence-electron chi connectivity index (χ3n) is 3.95. The van der Waals surface area contributed by atoms with E-state index in [2.05, 4.69) is 4.74 Å². The fourth-order valence-electron chi connectivity index (χ4n) is 2.63. The summed E-state index contributed by atoms with van der Waals surface area (Å²) in [6.45, 7) is 0.715. The second-order valence-corrected chi connectivity index (χ2v) is 5.59. The van der Waals surface area contributed by atoms with Gasteiger partial charge in [0.05, 0.1) is 7.11 Å². The lowest BCUT2D eigenvalue weighted by Gasteiger charge is -2.15. The van der Waals surface area contributed by atoms with Crippen molar-refractivity contribution in [2.75, 3.05) is 18.6 Å². The Bertz CT molecular complexity index is 832. The minimum Gasteiger partial charge on any atom is -0.463 e. The Morgan fingerprint density at radius 3 is 2.56 bits per heavy atom. The molecular weight excluding hydrogens is 322 g/mol. The van der Waals surface area contributed by atoms with Crippen molar-refractivity contribution in [1.29, 1.82) is 0 Å². The van der Waals surface area contributed by atoms with E-state index in [1.165, 1.54) is 25.3 Å². The smallest absolute Gasteiger partial charge is 0.373 e. The number of benzene rings is 1. The molecule has 1 aromatic heterocycles. The largest absolute Gasteiger partial charge is 0.463 e. The molecule has 1 aliphatic rings. The van der Waals surface area contributed by atoms with Crippen LogP contribution in [0.25, 0.3) is 6.08 Å². The first-order chi connectivity index (χ1) is 12.1. The number of amides is 1. The molecule has 128 valence electrons. The number of rotatable bonds is 5. The number of ether oxygens (including phenoxy) is 1. The van der Waals surface area contributed by atoms with Crippen LogP contribution in [0.2, 0.25) is 0 Å². The van der Waals surface area contributed by atoms with Crippen LogP contribution in [0.15, 0.2) is 46.9 Å². The quantitative estimate of drug-likeness (QED) is 0.475. The fraction of sp³-hybridized carbons (Fsp3) is 0.211. The summed E-state index contributed by atoms with van der Waals surface area (Å²) in [4.78, 5) is 37.0. The summed E-state index contributed by atoms with van der Waals surface area (Å²) >= 11 is 0. The molecule has 3 rings (SSSR count). The normalized spacial score (nSPS) is 14.3. The third-order valence-corrected chi connectivity index (χ3v) is 3.95. The lowest BCUT2D eigenvalue weighted by molar-refractivity contribution is -0.117. The molecule has 0 radical (unpaired) electrons. The minimum atomic E-state index is -0.571. The Morgan fingerprint density at radius 1 is 1.16 bits per heavy atom. The van der Waals surface area contributed by atoms with Gasteiger partial charge in [0.2, 0.25) is 11.7 Å². The van der Waals surface area contributed by atoms with Gasteiger partial charge in [0.1, 0.15) is 5.76 Å². The van der Waals surface area contributed by atoms with E-state index in [0.717, 1.165) is 12.1 Å². The van der Waals surface area contributed by atoms with E-state index in [9.17, 15) is 14.4 Å². The van der Waals surface area contributed by atoms with Gasteiger partial charge in [-0.05, 0) is 55.0 Å². The third kappa shape index (κ3) is 3.68. The molecule has 1 aromatic carbocycles. The van der Waals surface area contributed by atoms with Gasteiger partial charge in [0.15, 0.2) is 5.78 Å².